The maximum Gasteiger partial charge on any atom is 0.124 e. The van der Waals surface area contributed by atoms with Crippen molar-refractivity contribution in [2.24, 2.45) is 5.73 Å². The van der Waals surface area contributed by atoms with Gasteiger partial charge in [0.1, 0.15) is 5.82 Å². The molecule has 0 fully saturated rings. The van der Waals surface area contributed by atoms with Crippen LogP contribution < -0.4 is 5.73 Å². The molecule has 0 aliphatic carbocycles. The molecule has 1 atom stereocenters. The van der Waals surface area contributed by atoms with Crippen molar-refractivity contribution in [2.75, 3.05) is 6.61 Å². The monoisotopic (exact) mass is 269 g/mol. The first-order valence-corrected chi connectivity index (χ1v) is 5.51. The number of benzene rings is 1. The Morgan fingerprint density at radius 3 is 3.07 bits per heavy atom. The molecule has 4 nitrogen and oxygen atoms in total. The number of aromatic amines is 1. The minimum absolute atomic E-state index is 0.0713. The number of nitrogens with two attached hydrogens (primary N) is 1. The van der Waals surface area contributed by atoms with E-state index in [2.05, 4.69) is 25.9 Å². The zero-order chi connectivity index (χ0) is 10.8. The number of imidazole rings is 1. The molecular formula is C10H12BrN3O. The molecule has 0 aliphatic rings. The first-order chi connectivity index (χ1) is 7.20. The number of rotatable bonds is 3. The molecule has 2 rings (SSSR count). The van der Waals surface area contributed by atoms with Crippen molar-refractivity contribution in [2.45, 2.75) is 12.5 Å². The van der Waals surface area contributed by atoms with Gasteiger partial charge in [-0.3, -0.25) is 0 Å². The highest BCUT2D eigenvalue weighted by molar-refractivity contribution is 9.10. The van der Waals surface area contributed by atoms with Crippen molar-refractivity contribution >= 4 is 27.0 Å². The van der Waals surface area contributed by atoms with Crippen LogP contribution in [0.25, 0.3) is 11.0 Å². The molecule has 1 aromatic carbocycles. The van der Waals surface area contributed by atoms with Gasteiger partial charge in [-0.05, 0) is 24.6 Å². The van der Waals surface area contributed by atoms with Crippen LogP contribution in [0.5, 0.6) is 0 Å². The normalized spacial score (nSPS) is 13.3. The number of H-pyrrole nitrogens is 1. The molecule has 80 valence electrons. The summed E-state index contributed by atoms with van der Waals surface area (Å²) in [6.07, 6.45) is 0.515. The summed E-state index contributed by atoms with van der Waals surface area (Å²) < 4.78 is 1.00. The zero-order valence-corrected chi connectivity index (χ0v) is 9.66. The van der Waals surface area contributed by atoms with E-state index in [4.69, 9.17) is 10.8 Å². The third-order valence-electron chi connectivity index (χ3n) is 2.25. The Hall–Kier alpha value is -0.910. The van der Waals surface area contributed by atoms with Gasteiger partial charge in [-0.1, -0.05) is 15.9 Å². The zero-order valence-electron chi connectivity index (χ0n) is 8.07. The number of aliphatic hydroxyl groups is 1. The SMILES string of the molecule is NC(CCO)c1nc2ccc(Br)cc2[nH]1. The molecule has 2 aromatic rings. The highest BCUT2D eigenvalue weighted by Gasteiger charge is 2.10. The number of nitrogens with zero attached hydrogens (tertiary/aromatic N) is 1. The Morgan fingerprint density at radius 1 is 1.53 bits per heavy atom. The van der Waals surface area contributed by atoms with E-state index in [0.29, 0.717) is 6.42 Å². The van der Waals surface area contributed by atoms with E-state index in [1.807, 2.05) is 18.2 Å². The molecule has 1 aromatic heterocycles. The molecule has 0 radical (unpaired) electrons. The summed E-state index contributed by atoms with van der Waals surface area (Å²) in [5.74, 6) is 0.720. The lowest BCUT2D eigenvalue weighted by Gasteiger charge is -2.04. The predicted octanol–water partition coefficient (Wildman–Crippen LogP) is 1.71. The predicted molar refractivity (Wildman–Crippen MR) is 62.4 cm³/mol. The van der Waals surface area contributed by atoms with Crippen LogP contribution in [0, 0.1) is 0 Å². The quantitative estimate of drug-likeness (QED) is 0.794. The van der Waals surface area contributed by atoms with E-state index >= 15 is 0 Å². The largest absolute Gasteiger partial charge is 0.396 e. The molecule has 1 unspecified atom stereocenters. The van der Waals surface area contributed by atoms with Crippen molar-refractivity contribution < 1.29 is 5.11 Å². The lowest BCUT2D eigenvalue weighted by atomic mass is 10.2. The van der Waals surface area contributed by atoms with Crippen LogP contribution in [-0.2, 0) is 0 Å². The maximum absolute atomic E-state index is 8.79. The van der Waals surface area contributed by atoms with E-state index < -0.39 is 0 Å². The van der Waals surface area contributed by atoms with Gasteiger partial charge in [-0.2, -0.15) is 0 Å². The van der Waals surface area contributed by atoms with E-state index in [1.54, 1.807) is 0 Å². The Labute approximate surface area is 95.6 Å². The molecular weight excluding hydrogens is 258 g/mol. The number of hydrogen-bond donors (Lipinski definition) is 3. The third kappa shape index (κ3) is 2.19. The molecule has 4 N–H and O–H groups in total. The van der Waals surface area contributed by atoms with E-state index in [0.717, 1.165) is 21.3 Å². The van der Waals surface area contributed by atoms with Gasteiger partial charge < -0.3 is 15.8 Å². The number of aromatic nitrogens is 2. The first-order valence-electron chi connectivity index (χ1n) is 4.72. The first kappa shape index (κ1) is 10.6. The minimum atomic E-state index is -0.235. The summed E-state index contributed by atoms with van der Waals surface area (Å²) >= 11 is 3.39. The Bertz CT molecular complexity index is 469. The van der Waals surface area contributed by atoms with Crippen molar-refractivity contribution in [3.05, 3.63) is 28.5 Å². The molecule has 1 heterocycles. The third-order valence-corrected chi connectivity index (χ3v) is 2.75. The van der Waals surface area contributed by atoms with Crippen LogP contribution in [0.3, 0.4) is 0 Å². The fourth-order valence-corrected chi connectivity index (χ4v) is 1.81. The van der Waals surface area contributed by atoms with Gasteiger partial charge in [0.15, 0.2) is 0 Å². The lowest BCUT2D eigenvalue weighted by molar-refractivity contribution is 0.275. The molecule has 0 amide bonds. The average molecular weight is 270 g/mol. The van der Waals surface area contributed by atoms with Crippen molar-refractivity contribution in [3.63, 3.8) is 0 Å². The van der Waals surface area contributed by atoms with Crippen LogP contribution in [0.1, 0.15) is 18.3 Å². The number of fused-ring (bicyclic) bond motifs is 1. The van der Waals surface area contributed by atoms with E-state index in [1.165, 1.54) is 0 Å². The van der Waals surface area contributed by atoms with E-state index in [-0.39, 0.29) is 12.6 Å². The van der Waals surface area contributed by atoms with Gasteiger partial charge >= 0.3 is 0 Å². The molecule has 15 heavy (non-hydrogen) atoms. The summed E-state index contributed by atoms with van der Waals surface area (Å²) in [5, 5.41) is 8.79. The Kier molecular flexibility index (Phi) is 3.04. The number of aliphatic hydroxyl groups excluding tert-OH is 1. The standard InChI is InChI=1S/C10H12BrN3O/c11-6-1-2-8-9(5-6)14-10(13-8)7(12)3-4-15/h1-2,5,7,15H,3-4,12H2,(H,13,14). The van der Waals surface area contributed by atoms with Crippen molar-refractivity contribution in [1.82, 2.24) is 9.97 Å². The lowest BCUT2D eigenvalue weighted by Crippen LogP contribution is -2.13. The fraction of sp³-hybridized carbons (Fsp3) is 0.300. The van der Waals surface area contributed by atoms with Crippen LogP contribution >= 0.6 is 15.9 Å². The van der Waals surface area contributed by atoms with Gasteiger partial charge in [0.25, 0.3) is 0 Å². The van der Waals surface area contributed by atoms with Crippen LogP contribution in [0.2, 0.25) is 0 Å². The van der Waals surface area contributed by atoms with Gasteiger partial charge in [-0.15, -0.1) is 0 Å². The summed E-state index contributed by atoms with van der Waals surface area (Å²) in [7, 11) is 0. The second-order valence-corrected chi connectivity index (χ2v) is 4.32. The Balaban J connectivity index is 2.38. The van der Waals surface area contributed by atoms with Crippen molar-refractivity contribution in [1.29, 1.82) is 0 Å². The molecule has 0 spiro atoms. The second-order valence-electron chi connectivity index (χ2n) is 3.40. The minimum Gasteiger partial charge on any atom is -0.396 e. The van der Waals surface area contributed by atoms with Gasteiger partial charge in [0, 0.05) is 11.1 Å². The smallest absolute Gasteiger partial charge is 0.124 e. The Morgan fingerprint density at radius 2 is 2.33 bits per heavy atom. The molecule has 5 heteroatoms. The second kappa shape index (κ2) is 4.30. The molecule has 0 saturated carbocycles. The van der Waals surface area contributed by atoms with E-state index in [9.17, 15) is 0 Å². The van der Waals surface area contributed by atoms with Gasteiger partial charge in [0.05, 0.1) is 17.1 Å². The fourth-order valence-electron chi connectivity index (χ4n) is 1.45. The highest BCUT2D eigenvalue weighted by atomic mass is 79.9. The van der Waals surface area contributed by atoms with Gasteiger partial charge in [-0.25, -0.2) is 4.98 Å². The van der Waals surface area contributed by atoms with Gasteiger partial charge in [0.2, 0.25) is 0 Å². The van der Waals surface area contributed by atoms with Crippen LogP contribution in [0.4, 0.5) is 0 Å². The summed E-state index contributed by atoms with van der Waals surface area (Å²) in [4.78, 5) is 7.50. The molecule has 0 aliphatic heterocycles. The average Bonchev–Trinajstić information content (AvgIpc) is 2.60. The molecule has 0 saturated heterocycles. The maximum atomic E-state index is 8.79. The number of halogens is 1. The van der Waals surface area contributed by atoms with Crippen LogP contribution in [0.15, 0.2) is 22.7 Å². The van der Waals surface area contributed by atoms with Crippen LogP contribution in [-0.4, -0.2) is 21.7 Å². The number of nitrogens with one attached hydrogen (secondary N) is 1. The summed E-state index contributed by atoms with van der Waals surface area (Å²) in [5.41, 5.74) is 7.68. The van der Waals surface area contributed by atoms with Crippen molar-refractivity contribution in [3.8, 4) is 0 Å². The highest BCUT2D eigenvalue weighted by Crippen LogP contribution is 2.20. The molecule has 0 bridgehead atoms. The topological polar surface area (TPSA) is 74.9 Å². The summed E-state index contributed by atoms with van der Waals surface area (Å²) in [6.45, 7) is 0.0713. The number of hydrogen-bond acceptors (Lipinski definition) is 3. The summed E-state index contributed by atoms with van der Waals surface area (Å²) in [6, 6.07) is 5.58.